The number of fused-ring (bicyclic) bond motifs is 2. The summed E-state index contributed by atoms with van der Waals surface area (Å²) in [6, 6.07) is 18.2. The number of nitrogens with zero attached hydrogens (tertiary/aromatic N) is 2. The standard InChI is InChI=1S/C27H30N2O2/c1-3-11-20-18(7-1)9-5-13-22(20)24-16-30-26(28-24)15-27-29-25(17-31-27)23-14-6-10-19-8-2-4-12-21(19)23/h1-4,7-8,11-12,22-25H,5-6,9-10,13-17H2/t22?,23?,24-,25-/m1/s1. The van der Waals surface area contributed by atoms with Crippen molar-refractivity contribution in [2.45, 2.75) is 68.9 Å². The molecule has 2 aliphatic heterocycles. The molecule has 0 radical (unpaired) electrons. The molecule has 2 unspecified atom stereocenters. The number of hydrogen-bond donors (Lipinski definition) is 0. The van der Waals surface area contributed by atoms with Gasteiger partial charge in [0.1, 0.15) is 13.2 Å². The van der Waals surface area contributed by atoms with Crippen LogP contribution in [0.1, 0.15) is 66.2 Å². The van der Waals surface area contributed by atoms with Gasteiger partial charge in [0.25, 0.3) is 0 Å². The van der Waals surface area contributed by atoms with Crippen molar-refractivity contribution in [1.29, 1.82) is 0 Å². The molecule has 0 fully saturated rings. The molecule has 0 aromatic heterocycles. The summed E-state index contributed by atoms with van der Waals surface area (Å²) >= 11 is 0. The van der Waals surface area contributed by atoms with Crippen LogP contribution in [0, 0.1) is 0 Å². The number of aliphatic imine (C=N–C) groups is 2. The Morgan fingerprint density at radius 3 is 1.68 bits per heavy atom. The van der Waals surface area contributed by atoms with Crippen molar-refractivity contribution in [2.24, 2.45) is 9.98 Å². The summed E-state index contributed by atoms with van der Waals surface area (Å²) in [5.41, 5.74) is 5.92. The minimum Gasteiger partial charge on any atom is -0.478 e. The van der Waals surface area contributed by atoms with Gasteiger partial charge in [-0.2, -0.15) is 0 Å². The number of aryl methyl sites for hydroxylation is 2. The quantitative estimate of drug-likeness (QED) is 0.689. The van der Waals surface area contributed by atoms with E-state index >= 15 is 0 Å². The Kier molecular flexibility index (Phi) is 5.01. The van der Waals surface area contributed by atoms with Gasteiger partial charge in [-0.15, -0.1) is 0 Å². The second-order valence-corrected chi connectivity index (χ2v) is 9.37. The number of ether oxygens (including phenoxy) is 2. The molecule has 2 aromatic carbocycles. The van der Waals surface area contributed by atoms with E-state index in [1.807, 2.05) is 0 Å². The van der Waals surface area contributed by atoms with Crippen molar-refractivity contribution in [3.05, 3.63) is 70.8 Å². The summed E-state index contributed by atoms with van der Waals surface area (Å²) < 4.78 is 12.0. The average Bonchev–Trinajstić information content (AvgIpc) is 3.48. The van der Waals surface area contributed by atoms with E-state index in [9.17, 15) is 0 Å². The lowest BCUT2D eigenvalue weighted by Gasteiger charge is -2.27. The molecule has 4 atom stereocenters. The molecule has 2 aliphatic carbocycles. The van der Waals surface area contributed by atoms with Gasteiger partial charge in [0.05, 0.1) is 18.5 Å². The molecule has 2 heterocycles. The first kappa shape index (κ1) is 19.1. The van der Waals surface area contributed by atoms with Crippen LogP contribution in [0.15, 0.2) is 58.5 Å². The second kappa shape index (κ2) is 8.14. The average molecular weight is 415 g/mol. The van der Waals surface area contributed by atoms with E-state index in [1.54, 1.807) is 0 Å². The fraction of sp³-hybridized carbons (Fsp3) is 0.481. The van der Waals surface area contributed by atoms with Crippen LogP contribution in [-0.4, -0.2) is 37.1 Å². The summed E-state index contributed by atoms with van der Waals surface area (Å²) in [5.74, 6) is 2.55. The Bertz CT molecular complexity index is 946. The molecule has 0 amide bonds. The third-order valence-electron chi connectivity index (χ3n) is 7.52. The zero-order valence-electron chi connectivity index (χ0n) is 18.0. The summed E-state index contributed by atoms with van der Waals surface area (Å²) in [4.78, 5) is 9.96. The van der Waals surface area contributed by atoms with Gasteiger partial charge in [-0.3, -0.25) is 0 Å². The lowest BCUT2D eigenvalue weighted by molar-refractivity contribution is 0.278. The van der Waals surface area contributed by atoms with Crippen LogP contribution in [0.4, 0.5) is 0 Å². The van der Waals surface area contributed by atoms with Gasteiger partial charge >= 0.3 is 0 Å². The van der Waals surface area contributed by atoms with E-state index in [0.717, 1.165) is 11.8 Å². The largest absolute Gasteiger partial charge is 0.478 e. The Balaban J connectivity index is 1.15. The van der Waals surface area contributed by atoms with Gasteiger partial charge in [0.15, 0.2) is 11.8 Å². The van der Waals surface area contributed by atoms with Crippen LogP contribution < -0.4 is 0 Å². The van der Waals surface area contributed by atoms with Crippen LogP contribution in [0.2, 0.25) is 0 Å². The molecule has 0 N–H and O–H groups in total. The Morgan fingerprint density at radius 1 is 0.677 bits per heavy atom. The van der Waals surface area contributed by atoms with Crippen molar-refractivity contribution in [1.82, 2.24) is 0 Å². The van der Waals surface area contributed by atoms with Crippen molar-refractivity contribution in [2.75, 3.05) is 13.2 Å². The topological polar surface area (TPSA) is 43.2 Å². The van der Waals surface area contributed by atoms with E-state index in [1.165, 1.54) is 60.8 Å². The smallest absolute Gasteiger partial charge is 0.193 e. The Morgan fingerprint density at radius 2 is 1.16 bits per heavy atom. The highest BCUT2D eigenvalue weighted by molar-refractivity contribution is 5.98. The van der Waals surface area contributed by atoms with E-state index in [2.05, 4.69) is 48.5 Å². The Hall–Kier alpha value is -2.62. The van der Waals surface area contributed by atoms with E-state index < -0.39 is 0 Å². The SMILES string of the molecule is c1ccc2c(c1)CCCC2[C@H]1COC(CC2=N[C@@H](C3CCCc4ccccc43)CO2)=N1. The summed E-state index contributed by atoms with van der Waals surface area (Å²) in [6.45, 7) is 1.36. The second-order valence-electron chi connectivity index (χ2n) is 9.37. The molecular formula is C27H30N2O2. The molecule has 6 rings (SSSR count). The van der Waals surface area contributed by atoms with E-state index in [0.29, 0.717) is 31.5 Å². The van der Waals surface area contributed by atoms with Gasteiger partial charge in [-0.25, -0.2) is 9.98 Å². The molecule has 4 aliphatic rings. The lowest BCUT2D eigenvalue weighted by Crippen LogP contribution is -2.22. The fourth-order valence-electron chi connectivity index (χ4n) is 6.00. The predicted molar refractivity (Wildman–Crippen MR) is 123 cm³/mol. The van der Waals surface area contributed by atoms with Crippen LogP contribution in [0.3, 0.4) is 0 Å². The maximum Gasteiger partial charge on any atom is 0.193 e. The van der Waals surface area contributed by atoms with Crippen LogP contribution in [-0.2, 0) is 22.3 Å². The zero-order chi connectivity index (χ0) is 20.6. The number of hydrogen-bond acceptors (Lipinski definition) is 4. The minimum absolute atomic E-state index is 0.222. The van der Waals surface area contributed by atoms with Crippen LogP contribution >= 0.6 is 0 Å². The normalized spacial score (nSPS) is 29.3. The van der Waals surface area contributed by atoms with Crippen molar-refractivity contribution < 1.29 is 9.47 Å². The third-order valence-corrected chi connectivity index (χ3v) is 7.52. The maximum atomic E-state index is 6.02. The zero-order valence-corrected chi connectivity index (χ0v) is 18.0. The highest BCUT2D eigenvalue weighted by Crippen LogP contribution is 2.38. The molecule has 0 bridgehead atoms. The van der Waals surface area contributed by atoms with Crippen LogP contribution in [0.25, 0.3) is 0 Å². The highest BCUT2D eigenvalue weighted by atomic mass is 16.5. The molecule has 4 nitrogen and oxygen atoms in total. The molecular weight excluding hydrogens is 384 g/mol. The van der Waals surface area contributed by atoms with Gasteiger partial charge in [0, 0.05) is 11.8 Å². The van der Waals surface area contributed by atoms with Crippen molar-refractivity contribution >= 4 is 11.8 Å². The minimum atomic E-state index is 0.222. The van der Waals surface area contributed by atoms with E-state index in [4.69, 9.17) is 19.5 Å². The Labute approximate surface area is 184 Å². The first-order valence-electron chi connectivity index (χ1n) is 11.9. The molecule has 0 saturated heterocycles. The predicted octanol–water partition coefficient (Wildman–Crippen LogP) is 5.21. The molecule has 160 valence electrons. The molecule has 31 heavy (non-hydrogen) atoms. The van der Waals surface area contributed by atoms with Crippen molar-refractivity contribution in [3.63, 3.8) is 0 Å². The van der Waals surface area contributed by atoms with Crippen LogP contribution in [0.5, 0.6) is 0 Å². The first-order valence-corrected chi connectivity index (χ1v) is 11.9. The summed E-state index contributed by atoms with van der Waals surface area (Å²) in [7, 11) is 0. The highest BCUT2D eigenvalue weighted by Gasteiger charge is 2.35. The fourth-order valence-corrected chi connectivity index (χ4v) is 6.00. The molecule has 0 saturated carbocycles. The van der Waals surface area contributed by atoms with Gasteiger partial charge < -0.3 is 9.47 Å². The van der Waals surface area contributed by atoms with E-state index in [-0.39, 0.29) is 12.1 Å². The number of rotatable bonds is 4. The monoisotopic (exact) mass is 414 g/mol. The van der Waals surface area contributed by atoms with Crippen molar-refractivity contribution in [3.8, 4) is 0 Å². The first-order chi connectivity index (χ1) is 15.3. The lowest BCUT2D eigenvalue weighted by atomic mass is 9.79. The molecule has 0 spiro atoms. The summed E-state index contributed by atoms with van der Waals surface area (Å²) in [6.07, 6.45) is 7.84. The summed E-state index contributed by atoms with van der Waals surface area (Å²) in [5, 5.41) is 0. The maximum absolute atomic E-state index is 6.02. The molecule has 2 aromatic rings. The van der Waals surface area contributed by atoms with Gasteiger partial charge in [-0.05, 0) is 60.8 Å². The van der Waals surface area contributed by atoms with Gasteiger partial charge in [-0.1, -0.05) is 48.5 Å². The number of benzene rings is 2. The third kappa shape index (κ3) is 3.66. The van der Waals surface area contributed by atoms with Gasteiger partial charge in [0.2, 0.25) is 0 Å². The molecule has 4 heteroatoms.